The summed E-state index contributed by atoms with van der Waals surface area (Å²) in [7, 11) is 0. The number of halogens is 1. The topological polar surface area (TPSA) is 90.0 Å². The van der Waals surface area contributed by atoms with E-state index < -0.39 is 6.04 Å². The Hall–Kier alpha value is -4.01. The van der Waals surface area contributed by atoms with Crippen LogP contribution in [0.4, 0.5) is 33.2 Å². The Morgan fingerprint density at radius 2 is 1.92 bits per heavy atom. The molecule has 0 spiro atoms. The summed E-state index contributed by atoms with van der Waals surface area (Å²) in [6.07, 6.45) is 8.93. The standard InChI is InChI=1S/C27H28FN7O/c1-16-8-10-21(13-22(16)28)35-24-15-29-27(31-19-9-11-23-18(12-19)14-30-33-23)32-25(24)34(17(2)26(35)36)20-6-4-3-5-7-20/h8-15,17,20H,3-7H2,1-2H3,(H,30,33)(H,29,31,32)/t17-/m1/s1. The first kappa shape index (κ1) is 22.5. The first-order valence-corrected chi connectivity index (χ1v) is 12.5. The van der Waals surface area contributed by atoms with E-state index in [-0.39, 0.29) is 17.8 Å². The average Bonchev–Trinajstić information content (AvgIpc) is 3.35. The number of aromatic nitrogens is 4. The summed E-state index contributed by atoms with van der Waals surface area (Å²) in [5, 5.41) is 11.3. The molecule has 1 aliphatic heterocycles. The van der Waals surface area contributed by atoms with Crippen LogP contribution >= 0.6 is 0 Å². The van der Waals surface area contributed by atoms with Gasteiger partial charge in [-0.1, -0.05) is 25.3 Å². The van der Waals surface area contributed by atoms with Crippen LogP contribution in [0.5, 0.6) is 0 Å². The van der Waals surface area contributed by atoms with Gasteiger partial charge in [0.1, 0.15) is 17.5 Å². The predicted molar refractivity (Wildman–Crippen MR) is 139 cm³/mol. The van der Waals surface area contributed by atoms with Gasteiger partial charge in [-0.3, -0.25) is 14.8 Å². The number of nitrogens with one attached hydrogen (secondary N) is 2. The lowest BCUT2D eigenvalue weighted by molar-refractivity contribution is -0.119. The van der Waals surface area contributed by atoms with Crippen LogP contribution in [-0.4, -0.2) is 38.2 Å². The highest BCUT2D eigenvalue weighted by atomic mass is 19.1. The van der Waals surface area contributed by atoms with Crippen molar-refractivity contribution in [2.24, 2.45) is 0 Å². The molecule has 0 radical (unpaired) electrons. The second-order valence-corrected chi connectivity index (χ2v) is 9.68. The summed E-state index contributed by atoms with van der Waals surface area (Å²) < 4.78 is 14.5. The minimum Gasteiger partial charge on any atom is -0.340 e. The number of rotatable bonds is 4. The van der Waals surface area contributed by atoms with Crippen molar-refractivity contribution < 1.29 is 9.18 Å². The predicted octanol–water partition coefficient (Wildman–Crippen LogP) is 5.75. The number of aryl methyl sites for hydroxylation is 1. The highest BCUT2D eigenvalue weighted by Gasteiger charge is 2.41. The molecule has 1 saturated carbocycles. The summed E-state index contributed by atoms with van der Waals surface area (Å²) in [5.74, 6) is 0.676. The molecule has 36 heavy (non-hydrogen) atoms. The molecular formula is C27H28FN7O. The lowest BCUT2D eigenvalue weighted by atomic mass is 9.92. The number of anilines is 5. The molecule has 8 nitrogen and oxygen atoms in total. The van der Waals surface area contributed by atoms with Crippen molar-refractivity contribution in [1.29, 1.82) is 0 Å². The van der Waals surface area contributed by atoms with Gasteiger partial charge in [-0.15, -0.1) is 0 Å². The number of nitrogens with zero attached hydrogens (tertiary/aromatic N) is 5. The summed E-state index contributed by atoms with van der Waals surface area (Å²) in [4.78, 5) is 26.9. The minimum atomic E-state index is -0.435. The van der Waals surface area contributed by atoms with Crippen molar-refractivity contribution in [3.8, 4) is 0 Å². The molecule has 2 aromatic heterocycles. The monoisotopic (exact) mass is 485 g/mol. The smallest absolute Gasteiger partial charge is 0.254 e. The molecular weight excluding hydrogens is 457 g/mol. The number of fused-ring (bicyclic) bond motifs is 2. The van der Waals surface area contributed by atoms with E-state index >= 15 is 0 Å². The van der Waals surface area contributed by atoms with Gasteiger partial charge in [0.2, 0.25) is 5.95 Å². The molecule has 2 N–H and O–H groups in total. The van der Waals surface area contributed by atoms with Gasteiger partial charge < -0.3 is 10.2 Å². The van der Waals surface area contributed by atoms with Crippen LogP contribution in [0.15, 0.2) is 48.8 Å². The number of aromatic amines is 1. The van der Waals surface area contributed by atoms with Gasteiger partial charge in [-0.05, 0) is 62.6 Å². The molecule has 2 aromatic carbocycles. The van der Waals surface area contributed by atoms with E-state index in [9.17, 15) is 9.18 Å². The zero-order valence-electron chi connectivity index (χ0n) is 20.3. The summed E-state index contributed by atoms with van der Waals surface area (Å²) in [6, 6.07) is 10.5. The second kappa shape index (κ2) is 8.89. The Bertz CT molecular complexity index is 1450. The average molecular weight is 486 g/mol. The van der Waals surface area contributed by atoms with Crippen LogP contribution in [0.1, 0.15) is 44.6 Å². The zero-order chi connectivity index (χ0) is 24.8. The first-order chi connectivity index (χ1) is 17.5. The summed E-state index contributed by atoms with van der Waals surface area (Å²) >= 11 is 0. The van der Waals surface area contributed by atoms with Gasteiger partial charge in [0.25, 0.3) is 5.91 Å². The maximum atomic E-state index is 14.5. The van der Waals surface area contributed by atoms with Gasteiger partial charge >= 0.3 is 0 Å². The molecule has 1 aliphatic carbocycles. The van der Waals surface area contributed by atoms with Crippen molar-refractivity contribution in [3.05, 3.63) is 60.2 Å². The third-order valence-corrected chi connectivity index (χ3v) is 7.31. The van der Waals surface area contributed by atoms with E-state index in [4.69, 9.17) is 4.98 Å². The van der Waals surface area contributed by atoms with E-state index in [0.717, 1.165) is 42.3 Å². The van der Waals surface area contributed by atoms with Crippen molar-refractivity contribution in [1.82, 2.24) is 20.2 Å². The molecule has 2 aliphatic rings. The molecule has 9 heteroatoms. The van der Waals surface area contributed by atoms with Crippen LogP contribution in [0.3, 0.4) is 0 Å². The van der Waals surface area contributed by atoms with Crippen LogP contribution in [0.2, 0.25) is 0 Å². The fourth-order valence-corrected chi connectivity index (χ4v) is 5.37. The normalized spacial score (nSPS) is 18.5. The number of hydrogen-bond acceptors (Lipinski definition) is 6. The molecule has 1 fully saturated rings. The van der Waals surface area contributed by atoms with Crippen LogP contribution in [0.25, 0.3) is 10.9 Å². The fraction of sp³-hybridized carbons (Fsp3) is 0.333. The van der Waals surface area contributed by atoms with Gasteiger partial charge in [0.15, 0.2) is 5.82 Å². The maximum Gasteiger partial charge on any atom is 0.254 e. The number of H-pyrrole nitrogens is 1. The third kappa shape index (κ3) is 3.84. The minimum absolute atomic E-state index is 0.106. The van der Waals surface area contributed by atoms with E-state index in [2.05, 4.69) is 25.4 Å². The fourth-order valence-electron chi connectivity index (χ4n) is 5.37. The van der Waals surface area contributed by atoms with E-state index in [1.54, 1.807) is 36.4 Å². The number of carbonyl (C=O) groups is 1. The van der Waals surface area contributed by atoms with Crippen molar-refractivity contribution >= 4 is 45.6 Å². The second-order valence-electron chi connectivity index (χ2n) is 9.68. The van der Waals surface area contributed by atoms with Crippen molar-refractivity contribution in [2.45, 2.75) is 58.0 Å². The van der Waals surface area contributed by atoms with Crippen LogP contribution < -0.4 is 15.1 Å². The molecule has 0 bridgehead atoms. The Labute approximate surface area is 208 Å². The van der Waals surface area contributed by atoms with Crippen molar-refractivity contribution in [2.75, 3.05) is 15.1 Å². The zero-order valence-corrected chi connectivity index (χ0v) is 20.3. The largest absolute Gasteiger partial charge is 0.340 e. The van der Waals surface area contributed by atoms with E-state index in [1.165, 1.54) is 12.5 Å². The third-order valence-electron chi connectivity index (χ3n) is 7.31. The summed E-state index contributed by atoms with van der Waals surface area (Å²) in [6.45, 7) is 3.62. The molecule has 1 amide bonds. The van der Waals surface area contributed by atoms with Gasteiger partial charge in [-0.25, -0.2) is 9.37 Å². The molecule has 4 aromatic rings. The maximum absolute atomic E-state index is 14.5. The van der Waals surface area contributed by atoms with Crippen molar-refractivity contribution in [3.63, 3.8) is 0 Å². The Balaban J connectivity index is 1.44. The number of carbonyl (C=O) groups excluding carboxylic acids is 1. The van der Waals surface area contributed by atoms with Gasteiger partial charge in [0.05, 0.1) is 23.6 Å². The molecule has 0 saturated heterocycles. The Kier molecular flexibility index (Phi) is 5.55. The SMILES string of the molecule is Cc1ccc(N2C(=O)[C@@H](C)N(C3CCCCC3)c3nc(Nc4ccc5[nH]ncc5c4)ncc32)cc1F. The van der Waals surface area contributed by atoms with Gasteiger partial charge in [0, 0.05) is 17.1 Å². The molecule has 3 heterocycles. The van der Waals surface area contributed by atoms with Gasteiger partial charge in [-0.2, -0.15) is 10.1 Å². The lowest BCUT2D eigenvalue weighted by Crippen LogP contribution is -2.55. The highest BCUT2D eigenvalue weighted by molar-refractivity contribution is 6.09. The molecule has 1 atom stereocenters. The quantitative estimate of drug-likeness (QED) is 0.383. The highest BCUT2D eigenvalue weighted by Crippen LogP contribution is 2.42. The number of hydrogen-bond donors (Lipinski definition) is 2. The molecule has 6 rings (SSSR count). The van der Waals surface area contributed by atoms with Crippen LogP contribution in [0, 0.1) is 12.7 Å². The first-order valence-electron chi connectivity index (χ1n) is 12.5. The summed E-state index contributed by atoms with van der Waals surface area (Å²) in [5.41, 5.74) is 3.37. The number of benzene rings is 2. The van der Waals surface area contributed by atoms with E-state index in [0.29, 0.717) is 28.7 Å². The van der Waals surface area contributed by atoms with Crippen LogP contribution in [-0.2, 0) is 4.79 Å². The van der Waals surface area contributed by atoms with E-state index in [1.807, 2.05) is 25.1 Å². The lowest BCUT2D eigenvalue weighted by Gasteiger charge is -2.45. The molecule has 184 valence electrons. The Morgan fingerprint density at radius 3 is 2.72 bits per heavy atom. The molecule has 0 unspecified atom stereocenters. The Morgan fingerprint density at radius 1 is 1.08 bits per heavy atom. The number of amides is 1.